The van der Waals surface area contributed by atoms with E-state index >= 15 is 0 Å². The van der Waals surface area contributed by atoms with Crippen LogP contribution in [-0.4, -0.2) is 39.9 Å². The molecule has 0 aliphatic carbocycles. The Kier molecular flexibility index (Phi) is 7.31. The number of hydrogen-bond acceptors (Lipinski definition) is 7. The highest BCUT2D eigenvalue weighted by molar-refractivity contribution is 6.32. The van der Waals surface area contributed by atoms with Crippen molar-refractivity contribution in [1.82, 2.24) is 20.3 Å². The van der Waals surface area contributed by atoms with E-state index in [9.17, 15) is 9.59 Å². The maximum atomic E-state index is 12.4. The Labute approximate surface area is 189 Å². The van der Waals surface area contributed by atoms with Crippen LogP contribution in [0.2, 0.25) is 5.02 Å². The fourth-order valence-electron chi connectivity index (χ4n) is 2.75. The topological polar surface area (TPSA) is 130 Å². The van der Waals surface area contributed by atoms with Crippen LogP contribution in [0.25, 0.3) is 11.3 Å². The lowest BCUT2D eigenvalue weighted by Crippen LogP contribution is -2.33. The Hall–Kier alpha value is -4.03. The summed E-state index contributed by atoms with van der Waals surface area (Å²) in [6.07, 6.45) is 3.78. The molecule has 3 aromatic rings. The van der Waals surface area contributed by atoms with E-state index in [1.54, 1.807) is 43.6 Å². The summed E-state index contributed by atoms with van der Waals surface area (Å²) < 4.78 is 5.54. The van der Waals surface area contributed by atoms with Crippen molar-refractivity contribution in [1.29, 1.82) is 5.26 Å². The number of hydrogen-bond donors (Lipinski definition) is 2. The van der Waals surface area contributed by atoms with E-state index < -0.39 is 6.10 Å². The van der Waals surface area contributed by atoms with Gasteiger partial charge in [0.2, 0.25) is 5.91 Å². The molecule has 3 rings (SSSR count). The minimum atomic E-state index is -0.766. The molecule has 0 unspecified atom stereocenters. The van der Waals surface area contributed by atoms with Crippen molar-refractivity contribution in [3.05, 3.63) is 65.2 Å². The largest absolute Gasteiger partial charge is 0.479 e. The van der Waals surface area contributed by atoms with E-state index in [0.29, 0.717) is 17.0 Å². The lowest BCUT2D eigenvalue weighted by atomic mass is 10.1. The number of anilines is 1. The molecule has 162 valence electrons. The summed E-state index contributed by atoms with van der Waals surface area (Å²) in [6.45, 7) is 1.58. The number of nitriles is 1. The number of carbonyl (C=O) groups is 2. The van der Waals surface area contributed by atoms with Gasteiger partial charge in [0, 0.05) is 31.1 Å². The zero-order chi connectivity index (χ0) is 23.1. The Bertz CT molecular complexity index is 1180. The minimum absolute atomic E-state index is 0.0716. The summed E-state index contributed by atoms with van der Waals surface area (Å²) in [7, 11) is 1.50. The van der Waals surface area contributed by atoms with Gasteiger partial charge in [0.25, 0.3) is 5.91 Å². The lowest BCUT2D eigenvalue weighted by molar-refractivity contribution is -0.126. The molecule has 9 nitrogen and oxygen atoms in total. The first kappa shape index (κ1) is 22.7. The summed E-state index contributed by atoms with van der Waals surface area (Å²) >= 11 is 6.08. The number of halogens is 1. The van der Waals surface area contributed by atoms with Crippen LogP contribution in [0.5, 0.6) is 5.75 Å². The van der Waals surface area contributed by atoms with Gasteiger partial charge in [0.1, 0.15) is 28.4 Å². The van der Waals surface area contributed by atoms with Gasteiger partial charge in [-0.15, -0.1) is 0 Å². The van der Waals surface area contributed by atoms with Crippen molar-refractivity contribution >= 4 is 29.2 Å². The Morgan fingerprint density at radius 3 is 2.69 bits per heavy atom. The molecule has 0 aromatic carbocycles. The van der Waals surface area contributed by atoms with Gasteiger partial charge in [-0.25, -0.2) is 9.97 Å². The summed E-state index contributed by atoms with van der Waals surface area (Å²) in [5.74, 6) is -0.151. The first-order chi connectivity index (χ1) is 15.4. The number of amides is 2. The summed E-state index contributed by atoms with van der Waals surface area (Å²) in [5, 5.41) is 14.3. The molecule has 0 spiro atoms. The van der Waals surface area contributed by atoms with Crippen LogP contribution < -0.4 is 15.4 Å². The second-order valence-corrected chi connectivity index (χ2v) is 7.10. The number of ether oxygens (including phenoxy) is 1. The number of nitrogens with one attached hydrogen (secondary N) is 2. The summed E-state index contributed by atoms with van der Waals surface area (Å²) in [5.41, 5.74) is 2.42. The van der Waals surface area contributed by atoms with E-state index in [4.69, 9.17) is 21.6 Å². The zero-order valence-electron chi connectivity index (χ0n) is 17.3. The predicted octanol–water partition coefficient (Wildman–Crippen LogP) is 2.76. The Morgan fingerprint density at radius 2 is 2.00 bits per heavy atom. The quantitative estimate of drug-likeness (QED) is 0.566. The average molecular weight is 451 g/mol. The van der Waals surface area contributed by atoms with Crippen LogP contribution in [0.4, 0.5) is 5.82 Å². The number of likely N-dealkylation sites (N-methyl/N-ethyl adjacent to an activating group) is 1. The van der Waals surface area contributed by atoms with E-state index in [2.05, 4.69) is 25.6 Å². The van der Waals surface area contributed by atoms with Crippen molar-refractivity contribution < 1.29 is 14.3 Å². The molecular weight excluding hydrogens is 432 g/mol. The Balaban J connectivity index is 1.65. The Morgan fingerprint density at radius 1 is 1.19 bits per heavy atom. The highest BCUT2D eigenvalue weighted by Crippen LogP contribution is 2.27. The first-order valence-corrected chi connectivity index (χ1v) is 9.92. The number of aromatic nitrogens is 3. The van der Waals surface area contributed by atoms with Crippen molar-refractivity contribution in [2.45, 2.75) is 19.4 Å². The van der Waals surface area contributed by atoms with E-state index in [-0.39, 0.29) is 34.8 Å². The average Bonchev–Trinajstić information content (AvgIpc) is 2.81. The fourth-order valence-corrected chi connectivity index (χ4v) is 2.90. The van der Waals surface area contributed by atoms with E-state index in [0.717, 1.165) is 5.56 Å². The van der Waals surface area contributed by atoms with Gasteiger partial charge >= 0.3 is 0 Å². The molecule has 0 saturated heterocycles. The number of nitrogens with zero attached hydrogens (tertiary/aromatic N) is 4. The maximum absolute atomic E-state index is 12.4. The van der Waals surface area contributed by atoms with Gasteiger partial charge in [0.15, 0.2) is 6.10 Å². The third-order valence-electron chi connectivity index (χ3n) is 4.37. The molecule has 0 aliphatic rings. The molecular formula is C22H19ClN6O3. The molecule has 0 fully saturated rings. The molecule has 0 bridgehead atoms. The van der Waals surface area contributed by atoms with E-state index in [1.807, 2.05) is 6.07 Å². The van der Waals surface area contributed by atoms with Gasteiger partial charge in [-0.1, -0.05) is 17.7 Å². The number of rotatable bonds is 7. The maximum Gasteiger partial charge on any atom is 0.260 e. The molecule has 0 saturated carbocycles. The highest BCUT2D eigenvalue weighted by Gasteiger charge is 2.16. The van der Waals surface area contributed by atoms with Crippen LogP contribution in [-0.2, 0) is 16.0 Å². The van der Waals surface area contributed by atoms with Gasteiger partial charge in [-0.2, -0.15) is 5.26 Å². The summed E-state index contributed by atoms with van der Waals surface area (Å²) in [6, 6.07) is 10.4. The van der Waals surface area contributed by atoms with E-state index in [1.165, 1.54) is 19.3 Å². The van der Waals surface area contributed by atoms with Crippen molar-refractivity contribution in [3.63, 3.8) is 0 Å². The molecule has 3 heterocycles. The number of carbonyl (C=O) groups excluding carboxylic acids is 2. The molecule has 3 aromatic heterocycles. The number of pyridine rings is 3. The van der Waals surface area contributed by atoms with Crippen molar-refractivity contribution in [2.24, 2.45) is 0 Å². The smallest absolute Gasteiger partial charge is 0.260 e. The molecule has 32 heavy (non-hydrogen) atoms. The van der Waals surface area contributed by atoms with Gasteiger partial charge in [-0.3, -0.25) is 14.6 Å². The second-order valence-electron chi connectivity index (χ2n) is 6.69. The minimum Gasteiger partial charge on any atom is -0.479 e. The van der Waals surface area contributed by atoms with Gasteiger partial charge in [-0.05, 0) is 30.7 Å². The van der Waals surface area contributed by atoms with Gasteiger partial charge in [0.05, 0.1) is 18.3 Å². The molecule has 2 amide bonds. The second kappa shape index (κ2) is 10.3. The SMILES string of the molecule is CNC(=O)[C@H](C)Oc1cc(NC(=O)Cc2ccc(-c3ccnc(C#N)c3)nc2)ncc1Cl. The third kappa shape index (κ3) is 5.77. The predicted molar refractivity (Wildman–Crippen MR) is 118 cm³/mol. The third-order valence-corrected chi connectivity index (χ3v) is 4.65. The van der Waals surface area contributed by atoms with Gasteiger partial charge < -0.3 is 15.4 Å². The van der Waals surface area contributed by atoms with Crippen LogP contribution in [0.3, 0.4) is 0 Å². The monoisotopic (exact) mass is 450 g/mol. The fraction of sp³-hybridized carbons (Fsp3) is 0.182. The first-order valence-electron chi connectivity index (χ1n) is 9.54. The molecule has 0 aliphatic heterocycles. The molecule has 1 atom stereocenters. The molecule has 10 heteroatoms. The van der Waals surface area contributed by atoms with Crippen LogP contribution in [0.1, 0.15) is 18.2 Å². The molecule has 2 N–H and O–H groups in total. The summed E-state index contributed by atoms with van der Waals surface area (Å²) in [4.78, 5) is 36.4. The van der Waals surface area contributed by atoms with Crippen LogP contribution >= 0.6 is 11.6 Å². The standard InChI is InChI=1S/C22H19ClN6O3/c1-13(22(31)25-2)32-19-9-20(28-12-17(19)23)29-21(30)7-14-3-4-18(27-11-14)15-5-6-26-16(8-15)10-24/h3-6,8-9,11-13H,7H2,1-2H3,(H,25,31)(H,28,29,30)/t13-/m0/s1. The van der Waals surface area contributed by atoms with Crippen molar-refractivity contribution in [3.8, 4) is 23.1 Å². The van der Waals surface area contributed by atoms with Crippen LogP contribution in [0, 0.1) is 11.3 Å². The zero-order valence-corrected chi connectivity index (χ0v) is 18.1. The molecule has 0 radical (unpaired) electrons. The lowest BCUT2D eigenvalue weighted by Gasteiger charge is -2.15. The van der Waals surface area contributed by atoms with Crippen molar-refractivity contribution in [2.75, 3.05) is 12.4 Å². The van der Waals surface area contributed by atoms with Crippen LogP contribution in [0.15, 0.2) is 48.9 Å². The normalized spacial score (nSPS) is 11.2. The highest BCUT2D eigenvalue weighted by atomic mass is 35.5.